The molecule has 0 saturated carbocycles. The average Bonchev–Trinajstić information content (AvgIpc) is 3.28. The van der Waals surface area contributed by atoms with Gasteiger partial charge in [-0.3, -0.25) is 29.1 Å². The Morgan fingerprint density at radius 2 is 0.689 bits per heavy atom. The summed E-state index contributed by atoms with van der Waals surface area (Å²) < 4.78 is 50.0. The molecular formula is C48H95N9O17. The molecule has 0 aliphatic rings. The van der Waals surface area contributed by atoms with Crippen molar-refractivity contribution in [2.45, 2.75) is 105 Å². The van der Waals surface area contributed by atoms with Crippen molar-refractivity contribution in [2.75, 3.05) is 171 Å². The summed E-state index contributed by atoms with van der Waals surface area (Å²) in [5.74, 6) is -1.47. The smallest absolute Gasteiger partial charge is 0.407 e. The number of hydrogen-bond donors (Lipinski definition) is 7. The van der Waals surface area contributed by atoms with Crippen LogP contribution in [0, 0.1) is 0 Å². The number of nitrogens with zero attached hydrogens (tertiary/aromatic N) is 3. The Morgan fingerprint density at radius 1 is 0.419 bits per heavy atom. The lowest BCUT2D eigenvalue weighted by Crippen LogP contribution is -2.48. The van der Waals surface area contributed by atoms with Crippen molar-refractivity contribution >= 4 is 36.1 Å². The first-order valence-electron chi connectivity index (χ1n) is 25.4. The van der Waals surface area contributed by atoms with Crippen LogP contribution in [0.3, 0.4) is 0 Å². The van der Waals surface area contributed by atoms with Gasteiger partial charge >= 0.3 is 24.2 Å². The Labute approximate surface area is 439 Å². The number of alkyl carbamates (subject to hydrolysis) is 3. The summed E-state index contributed by atoms with van der Waals surface area (Å²) in [6, 6.07) is -1.09. The Bertz CT molecular complexity index is 1490. The number of hydrogen-bond acceptors (Lipinski definition) is 20. The van der Waals surface area contributed by atoms with Gasteiger partial charge in [0.25, 0.3) is 0 Å². The fourth-order valence-corrected chi connectivity index (χ4v) is 6.14. The SMILES string of the molecule is CONCCOCCN(CCOCCNC(=O)OC(C)(C)C)[C@@H](C)C(=O)NCCOCCN(CCOCCNC(=O)[C@H](C)N(CCOCCNC(=O)OC(C)(C)C)CCOCCNC(=O)OC(C)(C)C)CC(=O)O. The Kier molecular flexibility index (Phi) is 38.7. The van der Waals surface area contributed by atoms with Crippen molar-refractivity contribution < 1.29 is 81.3 Å². The molecule has 0 radical (unpaired) electrons. The van der Waals surface area contributed by atoms with E-state index in [9.17, 15) is 33.9 Å². The van der Waals surface area contributed by atoms with Crippen LogP contribution < -0.4 is 32.1 Å². The average molecular weight is 1070 g/mol. The number of hydroxylamine groups is 1. The van der Waals surface area contributed by atoms with E-state index in [1.54, 1.807) is 81.1 Å². The lowest BCUT2D eigenvalue weighted by Gasteiger charge is -2.28. The predicted molar refractivity (Wildman–Crippen MR) is 275 cm³/mol. The Hall–Kier alpha value is -4.22. The number of amides is 5. The highest BCUT2D eigenvalue weighted by molar-refractivity contribution is 5.81. The van der Waals surface area contributed by atoms with Crippen LogP contribution in [0.25, 0.3) is 0 Å². The van der Waals surface area contributed by atoms with Gasteiger partial charge < -0.3 is 79.2 Å². The number of carboxylic acid groups (broad SMARTS) is 1. The van der Waals surface area contributed by atoms with Gasteiger partial charge in [0, 0.05) is 78.5 Å². The maximum absolute atomic E-state index is 13.2. The molecule has 26 nitrogen and oxygen atoms in total. The van der Waals surface area contributed by atoms with E-state index < -0.39 is 53.1 Å². The topological polar surface area (TPSA) is 297 Å². The lowest BCUT2D eigenvalue weighted by atomic mass is 10.2. The van der Waals surface area contributed by atoms with E-state index in [-0.39, 0.29) is 111 Å². The van der Waals surface area contributed by atoms with Gasteiger partial charge in [-0.15, -0.1) is 0 Å². The van der Waals surface area contributed by atoms with E-state index in [4.69, 9.17) is 47.5 Å². The van der Waals surface area contributed by atoms with Crippen molar-refractivity contribution in [1.82, 2.24) is 46.8 Å². The molecule has 2 atom stereocenters. The molecule has 0 fully saturated rings. The third-order valence-electron chi connectivity index (χ3n) is 9.74. The number of aliphatic carboxylic acids is 1. The summed E-state index contributed by atoms with van der Waals surface area (Å²) in [7, 11) is 1.52. The summed E-state index contributed by atoms with van der Waals surface area (Å²) in [4.78, 5) is 84.0. The van der Waals surface area contributed by atoms with Gasteiger partial charge in [0.2, 0.25) is 11.8 Å². The van der Waals surface area contributed by atoms with Crippen LogP contribution in [0.15, 0.2) is 0 Å². The zero-order valence-electron chi connectivity index (χ0n) is 46.7. The summed E-state index contributed by atoms with van der Waals surface area (Å²) in [6.45, 7) is 26.5. The Balaban J connectivity index is 4.87. The molecule has 0 spiro atoms. The highest BCUT2D eigenvalue weighted by Crippen LogP contribution is 2.08. The third-order valence-corrected chi connectivity index (χ3v) is 9.74. The maximum Gasteiger partial charge on any atom is 0.407 e. The predicted octanol–water partition coefficient (Wildman–Crippen LogP) is 0.811. The van der Waals surface area contributed by atoms with E-state index >= 15 is 0 Å². The van der Waals surface area contributed by atoms with Crippen molar-refractivity contribution in [2.24, 2.45) is 0 Å². The lowest BCUT2D eigenvalue weighted by molar-refractivity contribution is -0.138. The van der Waals surface area contributed by atoms with E-state index in [2.05, 4.69) is 32.1 Å². The number of carboxylic acids is 1. The molecule has 7 N–H and O–H groups in total. The number of nitrogens with one attached hydrogen (secondary N) is 6. The number of ether oxygens (including phenoxy) is 9. The molecule has 0 aromatic rings. The van der Waals surface area contributed by atoms with Gasteiger partial charge in [0.1, 0.15) is 16.8 Å². The standard InChI is InChI=1S/C48H95N9O17/c1-38(56(21-33-68-27-15-51-43(62)72-46(3,4)5)22-34-69-28-16-52-44(63)73-47(6,7)8)41(60)49-13-25-66-31-19-55(37-40(58)59)20-32-67-26-14-50-42(61)39(2)57(24-36-71-30-18-54-65-12)23-35-70-29-17-53-45(64)74-48(9,10)11/h38-39,54H,13-37H2,1-12H3,(H,49,60)(H,50,61)(H,51,62)(H,52,63)(H,53,64)(H,58,59)/t38-,39-/m0/s1. The molecular weight excluding hydrogens is 975 g/mol. The normalized spacial score (nSPS) is 12.9. The second-order valence-electron chi connectivity index (χ2n) is 19.7. The zero-order chi connectivity index (χ0) is 55.8. The fourth-order valence-electron chi connectivity index (χ4n) is 6.14. The van der Waals surface area contributed by atoms with Crippen LogP contribution in [0.5, 0.6) is 0 Å². The minimum atomic E-state index is -1.01. The van der Waals surface area contributed by atoms with Crippen LogP contribution in [0.2, 0.25) is 0 Å². The number of rotatable bonds is 43. The van der Waals surface area contributed by atoms with Gasteiger partial charge in [-0.2, -0.15) is 0 Å². The van der Waals surface area contributed by atoms with E-state index in [1.165, 1.54) is 7.11 Å². The molecule has 0 rings (SSSR count). The minimum Gasteiger partial charge on any atom is -0.480 e. The zero-order valence-corrected chi connectivity index (χ0v) is 46.7. The van der Waals surface area contributed by atoms with Crippen molar-refractivity contribution in [3.63, 3.8) is 0 Å². The monoisotopic (exact) mass is 1070 g/mol. The minimum absolute atomic E-state index is 0.187. The van der Waals surface area contributed by atoms with E-state index in [0.717, 1.165) is 0 Å². The summed E-state index contributed by atoms with van der Waals surface area (Å²) >= 11 is 0. The van der Waals surface area contributed by atoms with Gasteiger partial charge in [0.05, 0.1) is 105 Å². The van der Waals surface area contributed by atoms with Crippen LogP contribution >= 0.6 is 0 Å². The third kappa shape index (κ3) is 43.1. The van der Waals surface area contributed by atoms with Gasteiger partial charge in [-0.05, 0) is 76.2 Å². The molecule has 434 valence electrons. The molecule has 26 heteroatoms. The maximum atomic E-state index is 13.2. The molecule has 0 bridgehead atoms. The molecule has 0 aromatic heterocycles. The number of carbonyl (C=O) groups excluding carboxylic acids is 5. The molecule has 0 aromatic carbocycles. The van der Waals surface area contributed by atoms with Crippen LogP contribution in [-0.2, 0) is 61.9 Å². The quantitative estimate of drug-likeness (QED) is 0.0253. The molecule has 0 aliphatic heterocycles. The van der Waals surface area contributed by atoms with Gasteiger partial charge in [0.15, 0.2) is 0 Å². The van der Waals surface area contributed by atoms with Crippen LogP contribution in [0.1, 0.15) is 76.2 Å². The molecule has 0 unspecified atom stereocenters. The first-order chi connectivity index (χ1) is 34.8. The highest BCUT2D eigenvalue weighted by Gasteiger charge is 2.23. The summed E-state index contributed by atoms with van der Waals surface area (Å²) in [5, 5.41) is 23.2. The second-order valence-corrected chi connectivity index (χ2v) is 19.7. The molecule has 74 heavy (non-hydrogen) atoms. The van der Waals surface area contributed by atoms with Crippen LogP contribution in [0.4, 0.5) is 14.4 Å². The molecule has 0 saturated heterocycles. The van der Waals surface area contributed by atoms with Gasteiger partial charge in [-0.1, -0.05) is 0 Å². The van der Waals surface area contributed by atoms with E-state index in [0.29, 0.717) is 65.6 Å². The first-order valence-corrected chi connectivity index (χ1v) is 25.4. The van der Waals surface area contributed by atoms with Crippen LogP contribution in [-0.4, -0.2) is 256 Å². The fraction of sp³-hybridized carbons (Fsp3) is 0.875. The summed E-state index contributed by atoms with van der Waals surface area (Å²) in [6.07, 6.45) is -1.61. The Morgan fingerprint density at radius 3 is 0.959 bits per heavy atom. The van der Waals surface area contributed by atoms with Crippen molar-refractivity contribution in [1.29, 1.82) is 0 Å². The second kappa shape index (κ2) is 41.0. The summed E-state index contributed by atoms with van der Waals surface area (Å²) in [5.41, 5.74) is 0.867. The molecule has 5 amide bonds. The van der Waals surface area contributed by atoms with Crippen molar-refractivity contribution in [3.05, 3.63) is 0 Å². The number of carbonyl (C=O) groups is 6. The van der Waals surface area contributed by atoms with Gasteiger partial charge in [-0.25, -0.2) is 19.9 Å². The van der Waals surface area contributed by atoms with E-state index in [1.807, 2.05) is 9.80 Å². The van der Waals surface area contributed by atoms with Crippen molar-refractivity contribution in [3.8, 4) is 0 Å². The largest absolute Gasteiger partial charge is 0.480 e. The highest BCUT2D eigenvalue weighted by atomic mass is 16.6. The molecule has 0 heterocycles. The molecule has 0 aliphatic carbocycles. The first kappa shape index (κ1) is 69.8.